The van der Waals surface area contributed by atoms with Crippen LogP contribution in [0.3, 0.4) is 0 Å². The van der Waals surface area contributed by atoms with Gasteiger partial charge in [0.05, 0.1) is 28.1 Å². The topological polar surface area (TPSA) is 95.2 Å². The van der Waals surface area contributed by atoms with Crippen LogP contribution in [0.4, 0.5) is 4.39 Å². The summed E-state index contributed by atoms with van der Waals surface area (Å²) in [4.78, 5) is 16.7. The largest absolute Gasteiger partial charge is 0.359 e. The van der Waals surface area contributed by atoms with Crippen LogP contribution < -0.4 is 5.32 Å². The highest BCUT2D eigenvalue weighted by Gasteiger charge is 2.21. The summed E-state index contributed by atoms with van der Waals surface area (Å²) in [5, 5.41) is 10.9. The number of nitrogens with one attached hydrogen (secondary N) is 3. The minimum atomic E-state index is -0.489. The van der Waals surface area contributed by atoms with Gasteiger partial charge < -0.3 is 10.3 Å². The van der Waals surface area contributed by atoms with E-state index in [0.717, 1.165) is 34.3 Å². The average Bonchev–Trinajstić information content (AvgIpc) is 3.55. The molecule has 0 aliphatic rings. The van der Waals surface area contributed by atoms with E-state index < -0.39 is 5.82 Å². The zero-order valence-electron chi connectivity index (χ0n) is 23.1. The predicted molar refractivity (Wildman–Crippen MR) is 160 cm³/mol. The molecule has 5 aromatic rings. The first-order chi connectivity index (χ1) is 19.2. The van der Waals surface area contributed by atoms with E-state index in [1.165, 1.54) is 0 Å². The van der Waals surface area contributed by atoms with Gasteiger partial charge in [0, 0.05) is 34.9 Å². The highest BCUT2D eigenvalue weighted by Crippen LogP contribution is 2.34. The number of halogens is 1. The Kier molecular flexibility index (Phi) is 7.17. The second-order valence-corrected chi connectivity index (χ2v) is 10.8. The second kappa shape index (κ2) is 10.7. The number of H-pyrrole nitrogens is 2. The Labute approximate surface area is 232 Å². The zero-order valence-corrected chi connectivity index (χ0v) is 23.1. The summed E-state index contributed by atoms with van der Waals surface area (Å²) < 4.78 is 16.2. The van der Waals surface area contributed by atoms with E-state index in [1.54, 1.807) is 24.7 Å². The van der Waals surface area contributed by atoms with Crippen molar-refractivity contribution in [3.05, 3.63) is 103 Å². The van der Waals surface area contributed by atoms with Gasteiger partial charge in [0.15, 0.2) is 11.6 Å². The molecule has 0 bridgehead atoms. The summed E-state index contributed by atoms with van der Waals surface area (Å²) in [5.74, 6) is -0.0272. The Hall–Kier alpha value is -4.85. The molecule has 7 nitrogen and oxygen atoms in total. The first-order valence-electron chi connectivity index (χ1n) is 13.1. The number of allylic oxidation sites excluding steroid dienone is 5. The number of benzene rings is 1. The Morgan fingerprint density at radius 3 is 2.60 bits per heavy atom. The number of hydrogen-bond acceptors (Lipinski definition) is 5. The molecular formula is C32H32FN7. The summed E-state index contributed by atoms with van der Waals surface area (Å²) >= 11 is 0. The molecule has 0 unspecified atom stereocenters. The lowest BCUT2D eigenvalue weighted by atomic mass is 9.91. The van der Waals surface area contributed by atoms with Crippen molar-refractivity contribution in [2.75, 3.05) is 0 Å². The first-order valence-corrected chi connectivity index (χ1v) is 13.1. The van der Waals surface area contributed by atoms with Crippen molar-refractivity contribution in [3.63, 3.8) is 0 Å². The molecule has 40 heavy (non-hydrogen) atoms. The molecule has 0 atom stereocenters. The molecule has 3 N–H and O–H groups in total. The fourth-order valence-electron chi connectivity index (χ4n) is 4.75. The number of hydrogen-bond donors (Lipinski definition) is 3. The quantitative estimate of drug-likeness (QED) is 0.178. The summed E-state index contributed by atoms with van der Waals surface area (Å²) in [6.07, 6.45) is 11.2. The Morgan fingerprint density at radius 2 is 1.90 bits per heavy atom. The van der Waals surface area contributed by atoms with Gasteiger partial charge in [-0.05, 0) is 54.7 Å². The summed E-state index contributed by atoms with van der Waals surface area (Å²) in [7, 11) is 0. The van der Waals surface area contributed by atoms with Crippen LogP contribution in [0.1, 0.15) is 39.8 Å². The van der Waals surface area contributed by atoms with Gasteiger partial charge in [0.25, 0.3) is 0 Å². The van der Waals surface area contributed by atoms with Gasteiger partial charge in [-0.1, -0.05) is 52.1 Å². The fraction of sp³-hybridized carbons (Fsp3) is 0.188. The third kappa shape index (κ3) is 5.33. The lowest BCUT2D eigenvalue weighted by Gasteiger charge is -2.21. The van der Waals surface area contributed by atoms with E-state index in [1.807, 2.05) is 49.4 Å². The van der Waals surface area contributed by atoms with Crippen LogP contribution in [0.2, 0.25) is 0 Å². The van der Waals surface area contributed by atoms with Crippen LogP contribution >= 0.6 is 0 Å². The fourth-order valence-corrected chi connectivity index (χ4v) is 4.75. The Bertz CT molecular complexity index is 1780. The van der Waals surface area contributed by atoms with Crippen LogP contribution in [0, 0.1) is 11.2 Å². The maximum Gasteiger partial charge on any atom is 0.161 e. The minimum Gasteiger partial charge on any atom is -0.359 e. The monoisotopic (exact) mass is 533 g/mol. The van der Waals surface area contributed by atoms with E-state index in [2.05, 4.69) is 64.4 Å². The van der Waals surface area contributed by atoms with Crippen molar-refractivity contribution in [3.8, 4) is 22.6 Å². The standard InChI is InChI=1S/C32H32FN7/c1-7-20(16-22(8-2)36-19(3)17-32(4,5)6)28-27(33)26-25(18-35-28)39-40-30(26)31-37-24-11-9-10-23(29(24)38-31)21-12-14-34-15-13-21/h7-16,18,36H,2-3,17H2,1,4-6H3,(H,37,38)(H,39,40)/b20-7+,22-16+. The van der Waals surface area contributed by atoms with E-state index in [0.29, 0.717) is 33.7 Å². The van der Waals surface area contributed by atoms with Crippen LogP contribution in [0.25, 0.3) is 50.2 Å². The molecule has 8 heteroatoms. The molecule has 0 saturated carbocycles. The number of fused-ring (bicyclic) bond motifs is 2. The lowest BCUT2D eigenvalue weighted by Crippen LogP contribution is -2.16. The molecule has 4 aromatic heterocycles. The third-order valence-corrected chi connectivity index (χ3v) is 6.45. The van der Waals surface area contributed by atoms with Crippen molar-refractivity contribution in [2.24, 2.45) is 5.41 Å². The van der Waals surface area contributed by atoms with Crippen LogP contribution in [0.5, 0.6) is 0 Å². The SMILES string of the molecule is C=C/C(=C\C(=C/C)c1ncc2[nH]nc(-c3nc4c(-c5ccncc5)cccc4[nH]3)c2c1F)NC(=C)CC(C)(C)C. The number of aromatic amines is 2. The van der Waals surface area contributed by atoms with E-state index in [4.69, 9.17) is 4.98 Å². The van der Waals surface area contributed by atoms with Gasteiger partial charge in [-0.3, -0.25) is 15.1 Å². The average molecular weight is 534 g/mol. The Morgan fingerprint density at radius 1 is 1.12 bits per heavy atom. The normalized spacial score (nSPS) is 12.7. The second-order valence-electron chi connectivity index (χ2n) is 10.8. The van der Waals surface area contributed by atoms with Crippen LogP contribution in [-0.4, -0.2) is 30.1 Å². The maximum absolute atomic E-state index is 16.2. The zero-order chi connectivity index (χ0) is 28.4. The highest BCUT2D eigenvalue weighted by molar-refractivity contribution is 5.98. The minimum absolute atomic E-state index is 0.0753. The van der Waals surface area contributed by atoms with E-state index in [-0.39, 0.29) is 11.1 Å². The van der Waals surface area contributed by atoms with Crippen LogP contribution in [-0.2, 0) is 0 Å². The predicted octanol–water partition coefficient (Wildman–Crippen LogP) is 7.72. The molecule has 4 heterocycles. The molecular weight excluding hydrogens is 501 g/mol. The summed E-state index contributed by atoms with van der Waals surface area (Å²) in [6, 6.07) is 9.76. The number of pyridine rings is 2. The number of para-hydroxylation sites is 1. The van der Waals surface area contributed by atoms with E-state index >= 15 is 4.39 Å². The van der Waals surface area contributed by atoms with Gasteiger partial charge in [0.1, 0.15) is 11.4 Å². The van der Waals surface area contributed by atoms with Gasteiger partial charge in [-0.2, -0.15) is 5.10 Å². The molecule has 0 saturated heterocycles. The van der Waals surface area contributed by atoms with Gasteiger partial charge >= 0.3 is 0 Å². The van der Waals surface area contributed by atoms with Crippen molar-refractivity contribution in [1.29, 1.82) is 0 Å². The van der Waals surface area contributed by atoms with Crippen LogP contribution in [0.15, 0.2) is 91.7 Å². The van der Waals surface area contributed by atoms with Crippen molar-refractivity contribution >= 4 is 27.5 Å². The molecule has 0 aliphatic heterocycles. The molecule has 0 radical (unpaired) electrons. The maximum atomic E-state index is 16.2. The van der Waals surface area contributed by atoms with Crippen molar-refractivity contribution < 1.29 is 4.39 Å². The van der Waals surface area contributed by atoms with E-state index in [9.17, 15) is 0 Å². The number of imidazole rings is 1. The number of nitrogens with zero attached hydrogens (tertiary/aromatic N) is 4. The number of rotatable bonds is 8. The van der Waals surface area contributed by atoms with Crippen molar-refractivity contribution in [1.82, 2.24) is 35.5 Å². The third-order valence-electron chi connectivity index (χ3n) is 6.45. The molecule has 0 spiro atoms. The molecule has 0 aliphatic carbocycles. The molecule has 202 valence electrons. The number of aromatic nitrogens is 6. The smallest absolute Gasteiger partial charge is 0.161 e. The summed E-state index contributed by atoms with van der Waals surface area (Å²) in [5.41, 5.74) is 6.83. The highest BCUT2D eigenvalue weighted by atomic mass is 19.1. The van der Waals surface area contributed by atoms with Crippen molar-refractivity contribution in [2.45, 2.75) is 34.1 Å². The summed E-state index contributed by atoms with van der Waals surface area (Å²) in [6.45, 7) is 16.3. The molecule has 1 aromatic carbocycles. The first kappa shape index (κ1) is 26.7. The Balaban J connectivity index is 1.56. The van der Waals surface area contributed by atoms with Gasteiger partial charge in [-0.15, -0.1) is 0 Å². The van der Waals surface area contributed by atoms with Gasteiger partial charge in [0.2, 0.25) is 0 Å². The lowest BCUT2D eigenvalue weighted by molar-refractivity contribution is 0.403. The molecule has 5 rings (SSSR count). The van der Waals surface area contributed by atoms with Gasteiger partial charge in [-0.25, -0.2) is 9.37 Å². The molecule has 0 fully saturated rings. The molecule has 0 amide bonds.